The number of rotatable bonds is 23. The van der Waals surface area contributed by atoms with Crippen LogP contribution in [0.5, 0.6) is 11.8 Å². The molecule has 0 aliphatic carbocycles. The van der Waals surface area contributed by atoms with Gasteiger partial charge in [-0.05, 0) is 133 Å². The maximum Gasteiger partial charge on any atom is 0.373 e. The first kappa shape index (κ1) is 75.8. The molecule has 6 aromatic carbocycles. The molecule has 10 rings (SSSR count). The molecule has 2 aliphatic heterocycles. The highest BCUT2D eigenvalue weighted by Gasteiger charge is 2.30. The number of carbonyl (C=O) groups is 5. The molecule has 0 atom stereocenters. The maximum absolute atomic E-state index is 14.4. The molecule has 4 heterocycles. The number of nitrogens with one attached hydrogen (secondary N) is 4. The van der Waals surface area contributed by atoms with Crippen LogP contribution in [0, 0.1) is 12.7 Å². The molecule has 2 fully saturated rings. The first-order valence-corrected chi connectivity index (χ1v) is 33.0. The van der Waals surface area contributed by atoms with Gasteiger partial charge in [0.1, 0.15) is 18.0 Å². The average Bonchev–Trinajstić information content (AvgIpc) is 0.813. The summed E-state index contributed by atoms with van der Waals surface area (Å²) >= 11 is 0. The third-order valence-electron chi connectivity index (χ3n) is 16.7. The average molecular weight is 1360 g/mol. The maximum atomic E-state index is 14.4. The lowest BCUT2D eigenvalue weighted by Crippen LogP contribution is -2.42. The molecule has 21 nitrogen and oxygen atoms in total. The number of halogens is 1. The normalized spacial score (nSPS) is 12.5. The number of hydrogen-bond donors (Lipinski definition) is 4. The van der Waals surface area contributed by atoms with Gasteiger partial charge < -0.3 is 50.3 Å². The summed E-state index contributed by atoms with van der Waals surface area (Å²) in [5.41, 5.74) is 13.2. The molecule has 2 saturated heterocycles. The number of aromatic nitrogens is 2. The minimum absolute atomic E-state index is 0.0207. The summed E-state index contributed by atoms with van der Waals surface area (Å²) in [6.45, 7) is 12.9. The Morgan fingerprint density at radius 3 is 1.31 bits per heavy atom. The van der Waals surface area contributed by atoms with Crippen molar-refractivity contribution >= 4 is 70.3 Å². The molecule has 8 aromatic rings. The zero-order valence-corrected chi connectivity index (χ0v) is 57.5. The van der Waals surface area contributed by atoms with Crippen molar-refractivity contribution in [1.29, 1.82) is 0 Å². The molecule has 0 saturated carbocycles. The largest absolute Gasteiger partial charge is 0.474 e. The van der Waals surface area contributed by atoms with E-state index in [1.54, 1.807) is 40.4 Å². The van der Waals surface area contributed by atoms with Gasteiger partial charge in [-0.25, -0.2) is 14.4 Å². The van der Waals surface area contributed by atoms with E-state index in [1.807, 2.05) is 133 Å². The van der Waals surface area contributed by atoms with Crippen LogP contribution in [0.2, 0.25) is 0 Å². The Morgan fingerprint density at radius 2 is 0.910 bits per heavy atom. The second kappa shape index (κ2) is 38.4. The van der Waals surface area contributed by atoms with Crippen molar-refractivity contribution in [3.8, 4) is 34.0 Å². The van der Waals surface area contributed by atoms with E-state index in [-0.39, 0.29) is 54.0 Å². The summed E-state index contributed by atoms with van der Waals surface area (Å²) in [4.78, 5) is 113. The van der Waals surface area contributed by atoms with Gasteiger partial charge >= 0.3 is 12.3 Å². The Balaban J connectivity index is 0.000000260. The predicted octanol–water partition coefficient (Wildman–Crippen LogP) is 11.7. The number of pyridine rings is 2. The van der Waals surface area contributed by atoms with Crippen molar-refractivity contribution in [1.82, 2.24) is 30.4 Å². The number of carbonyl (C=O) groups excluding carboxylic acids is 9. The van der Waals surface area contributed by atoms with Crippen molar-refractivity contribution < 1.29 is 57.0 Å². The van der Waals surface area contributed by atoms with Gasteiger partial charge in [0.2, 0.25) is 23.6 Å². The topological polar surface area (TPSA) is 259 Å². The number of amides is 5. The molecular formula is C78H85FN10O11. The molecule has 0 bridgehead atoms. The second-order valence-electron chi connectivity index (χ2n) is 24.1. The number of nitrogens with zero attached hydrogens (tertiary/aromatic N) is 6. The van der Waals surface area contributed by atoms with Crippen molar-refractivity contribution in [2.75, 3.05) is 87.9 Å². The summed E-state index contributed by atoms with van der Waals surface area (Å²) in [6, 6.07) is 49.2. The summed E-state index contributed by atoms with van der Waals surface area (Å²) in [5, 5.41) is 12.0. The van der Waals surface area contributed by atoms with Crippen LogP contribution in [0.1, 0.15) is 106 Å². The van der Waals surface area contributed by atoms with Gasteiger partial charge in [0.25, 0.3) is 17.7 Å². The van der Waals surface area contributed by atoms with Crippen molar-refractivity contribution in [2.24, 2.45) is 0 Å². The van der Waals surface area contributed by atoms with Gasteiger partial charge in [0, 0.05) is 176 Å². The number of likely N-dealkylation sites (tertiary alicyclic amines) is 2. The van der Waals surface area contributed by atoms with E-state index >= 15 is 0 Å². The SMILES string of the molecule is C=C(NCCc1ccc(N(C)C)cc1)c1ccc(F)cc1C(=O)N1CCC(Oc2ccc(-c3ccc(NC(=O)CC)cc3)cn2)CC1.CCC(=O)Nc1ccc(-c2ccc(OC3CCN(C(=O)c4ccc(C)cc4C(=O)NCCc4ccc(N(C)C)cc4)CC3)nc2)cc1.O=C=O.O=C=O. The van der Waals surface area contributed by atoms with Gasteiger partial charge in [-0.3, -0.25) is 24.0 Å². The van der Waals surface area contributed by atoms with E-state index in [9.17, 15) is 28.4 Å². The fourth-order valence-corrected chi connectivity index (χ4v) is 11.0. The summed E-state index contributed by atoms with van der Waals surface area (Å²) in [5.74, 6) is -0.0504. The minimum Gasteiger partial charge on any atom is -0.474 e. The first-order valence-electron chi connectivity index (χ1n) is 33.0. The van der Waals surface area contributed by atoms with E-state index in [2.05, 4.69) is 91.2 Å². The molecule has 100 heavy (non-hydrogen) atoms. The molecule has 0 spiro atoms. The van der Waals surface area contributed by atoms with Crippen molar-refractivity contribution in [2.45, 2.75) is 84.3 Å². The van der Waals surface area contributed by atoms with Gasteiger partial charge in [-0.1, -0.05) is 80.6 Å². The Hall–Kier alpha value is -11.6. The number of anilines is 4. The monoisotopic (exact) mass is 1360 g/mol. The second-order valence-corrected chi connectivity index (χ2v) is 24.1. The molecule has 0 radical (unpaired) electrons. The standard InChI is InChI=1S/C38H42FN5O3.C38H43N5O4.2CO2/c1-5-36(45)42-31-12-8-28(9-13-31)29-10-17-37(41-25-29)47-33-19-22-44(23-20-33)38(46)35-24-30(39)11-16-34(35)26(2)40-21-18-27-6-14-32(15-7-27)43(3)4;1-5-35(44)41-30-12-9-28(10-13-30)29-11-17-36(40-25-29)47-32-19-22-43(23-20-32)38(46)33-16-6-26(2)24-34(33)37(45)39-21-18-27-7-14-31(15-8-27)42(3)4;2*2-1-3/h6-17,24-25,33,40H,2,5,18-23H2,1,3-4H3,(H,42,45);6-17,24-25,32H,5,18-23H2,1-4H3,(H,39,45)(H,41,44);;. The van der Waals surface area contributed by atoms with Crippen LogP contribution in [-0.4, -0.2) is 141 Å². The van der Waals surface area contributed by atoms with Gasteiger partial charge in [0.05, 0.1) is 16.7 Å². The van der Waals surface area contributed by atoms with Crippen LogP contribution in [0.3, 0.4) is 0 Å². The van der Waals surface area contributed by atoms with Crippen LogP contribution in [0.25, 0.3) is 28.0 Å². The number of aryl methyl sites for hydroxylation is 1. The van der Waals surface area contributed by atoms with Gasteiger partial charge in [-0.15, -0.1) is 0 Å². The molecule has 2 aliphatic rings. The van der Waals surface area contributed by atoms with E-state index < -0.39 is 5.82 Å². The number of benzene rings is 6. The highest BCUT2D eigenvalue weighted by Crippen LogP contribution is 2.29. The highest BCUT2D eigenvalue weighted by molar-refractivity contribution is 6.07. The van der Waals surface area contributed by atoms with Gasteiger partial charge in [-0.2, -0.15) is 19.2 Å². The van der Waals surface area contributed by atoms with E-state index in [4.69, 9.17) is 28.7 Å². The number of piperidine rings is 2. The minimum atomic E-state index is -0.460. The Labute approximate surface area is 582 Å². The van der Waals surface area contributed by atoms with Crippen LogP contribution in [-0.2, 0) is 41.6 Å². The predicted molar refractivity (Wildman–Crippen MR) is 382 cm³/mol. The fraction of sp³-hybridized carbons (Fsp3) is 0.295. The summed E-state index contributed by atoms with van der Waals surface area (Å²) in [6.07, 6.45) is 8.84. The van der Waals surface area contributed by atoms with E-state index in [1.165, 1.54) is 17.7 Å². The molecule has 0 unspecified atom stereocenters. The molecule has 520 valence electrons. The van der Waals surface area contributed by atoms with Crippen LogP contribution in [0.15, 0.2) is 177 Å². The zero-order chi connectivity index (χ0) is 72.1. The summed E-state index contributed by atoms with van der Waals surface area (Å²) in [7, 11) is 8.03. The van der Waals surface area contributed by atoms with Gasteiger partial charge in [0.15, 0.2) is 0 Å². The smallest absolute Gasteiger partial charge is 0.373 e. The van der Waals surface area contributed by atoms with Crippen LogP contribution in [0.4, 0.5) is 27.1 Å². The van der Waals surface area contributed by atoms with Crippen LogP contribution >= 0.6 is 0 Å². The lowest BCUT2D eigenvalue weighted by atomic mass is 10.0. The Morgan fingerprint density at radius 1 is 0.510 bits per heavy atom. The molecule has 22 heteroatoms. The molecular weight excluding hydrogens is 1270 g/mol. The third kappa shape index (κ3) is 22.8. The third-order valence-corrected chi connectivity index (χ3v) is 16.7. The molecule has 5 amide bonds. The lowest BCUT2D eigenvalue weighted by molar-refractivity contribution is -0.193. The van der Waals surface area contributed by atoms with Crippen molar-refractivity contribution in [3.63, 3.8) is 0 Å². The lowest BCUT2D eigenvalue weighted by Gasteiger charge is -2.32. The first-order chi connectivity index (χ1) is 48.2. The number of hydrogen-bond acceptors (Lipinski definition) is 16. The Kier molecular flexibility index (Phi) is 29.1. The summed E-state index contributed by atoms with van der Waals surface area (Å²) < 4.78 is 26.7. The van der Waals surface area contributed by atoms with Crippen molar-refractivity contribution in [3.05, 3.63) is 221 Å². The zero-order valence-electron chi connectivity index (χ0n) is 57.5. The van der Waals surface area contributed by atoms with E-state index in [0.717, 1.165) is 62.6 Å². The Bertz CT molecular complexity index is 4080. The number of ether oxygens (including phenoxy) is 2. The van der Waals surface area contributed by atoms with E-state index in [0.29, 0.717) is 124 Å². The molecule has 4 N–H and O–H groups in total. The molecule has 2 aromatic heterocycles. The quantitative estimate of drug-likeness (QED) is 0.0464. The van der Waals surface area contributed by atoms with Crippen LogP contribution < -0.4 is 40.5 Å². The highest BCUT2D eigenvalue weighted by atomic mass is 19.1. The fourth-order valence-electron chi connectivity index (χ4n) is 11.0.